The van der Waals surface area contributed by atoms with Crippen LogP contribution in [0.5, 0.6) is 0 Å². The average Bonchev–Trinajstić information content (AvgIpc) is 2.77. The van der Waals surface area contributed by atoms with Crippen LogP contribution in [-0.2, 0) is 0 Å². The molecule has 3 N–H and O–H groups in total. The van der Waals surface area contributed by atoms with Gasteiger partial charge in [-0.05, 0) is 58.4 Å². The van der Waals surface area contributed by atoms with E-state index in [1.165, 1.54) is 45.1 Å². The fourth-order valence-corrected chi connectivity index (χ4v) is 3.87. The zero-order valence-electron chi connectivity index (χ0n) is 12.0. The molecule has 0 bridgehead atoms. The van der Waals surface area contributed by atoms with Gasteiger partial charge in [-0.3, -0.25) is 0 Å². The van der Waals surface area contributed by atoms with Crippen LogP contribution in [0.15, 0.2) is 0 Å². The summed E-state index contributed by atoms with van der Waals surface area (Å²) in [6.07, 6.45) is 8.81. The summed E-state index contributed by atoms with van der Waals surface area (Å²) in [4.78, 5) is 0. The van der Waals surface area contributed by atoms with E-state index < -0.39 is 0 Å². The molecule has 1 heterocycles. The Labute approximate surface area is 112 Å². The van der Waals surface area contributed by atoms with E-state index in [2.05, 4.69) is 17.6 Å². The number of rotatable bonds is 5. The van der Waals surface area contributed by atoms with Gasteiger partial charge >= 0.3 is 0 Å². The Hall–Kier alpha value is -0.120. The topological polar surface area (TPSA) is 44.3 Å². The van der Waals surface area contributed by atoms with Gasteiger partial charge in [0.2, 0.25) is 0 Å². The Balaban J connectivity index is 1.82. The molecule has 106 valence electrons. The van der Waals surface area contributed by atoms with Gasteiger partial charge in [0.1, 0.15) is 0 Å². The molecule has 5 atom stereocenters. The fourth-order valence-electron chi connectivity index (χ4n) is 3.87. The number of piperidine rings is 1. The maximum absolute atomic E-state index is 9.46. The van der Waals surface area contributed by atoms with E-state index in [1.807, 2.05) is 6.92 Å². The molecule has 0 amide bonds. The van der Waals surface area contributed by atoms with Gasteiger partial charge in [0, 0.05) is 18.1 Å². The minimum Gasteiger partial charge on any atom is -0.393 e. The highest BCUT2D eigenvalue weighted by Crippen LogP contribution is 2.32. The minimum atomic E-state index is -0.194. The van der Waals surface area contributed by atoms with Crippen molar-refractivity contribution in [1.29, 1.82) is 0 Å². The molecule has 0 aromatic heterocycles. The molecular formula is C15H30N2O. The summed E-state index contributed by atoms with van der Waals surface area (Å²) < 4.78 is 0. The smallest absolute Gasteiger partial charge is 0.0526 e. The number of nitrogens with one attached hydrogen (secondary N) is 2. The molecular weight excluding hydrogens is 224 g/mol. The van der Waals surface area contributed by atoms with Crippen LogP contribution in [0.25, 0.3) is 0 Å². The van der Waals surface area contributed by atoms with Crippen LogP contribution in [0.3, 0.4) is 0 Å². The van der Waals surface area contributed by atoms with Crippen molar-refractivity contribution < 1.29 is 5.11 Å². The summed E-state index contributed by atoms with van der Waals surface area (Å²) in [6.45, 7) is 5.29. The summed E-state index contributed by atoms with van der Waals surface area (Å²) in [5, 5.41) is 16.9. The average molecular weight is 254 g/mol. The number of aliphatic hydroxyl groups is 1. The molecule has 1 aliphatic heterocycles. The zero-order chi connectivity index (χ0) is 13.0. The van der Waals surface area contributed by atoms with Gasteiger partial charge in [-0.15, -0.1) is 0 Å². The first-order valence-corrected chi connectivity index (χ1v) is 7.84. The lowest BCUT2D eigenvalue weighted by molar-refractivity contribution is 0.162. The van der Waals surface area contributed by atoms with Crippen LogP contribution in [0.1, 0.15) is 58.8 Å². The summed E-state index contributed by atoms with van der Waals surface area (Å²) in [7, 11) is 0. The fraction of sp³-hybridized carbons (Fsp3) is 1.00. The Morgan fingerprint density at radius 2 is 2.00 bits per heavy atom. The van der Waals surface area contributed by atoms with Gasteiger partial charge < -0.3 is 15.7 Å². The summed E-state index contributed by atoms with van der Waals surface area (Å²) in [5.74, 6) is 0.807. The first-order valence-electron chi connectivity index (χ1n) is 7.84. The van der Waals surface area contributed by atoms with Crippen LogP contribution < -0.4 is 10.6 Å². The summed E-state index contributed by atoms with van der Waals surface area (Å²) >= 11 is 0. The van der Waals surface area contributed by atoms with E-state index in [1.54, 1.807) is 0 Å². The third-order valence-corrected chi connectivity index (χ3v) is 4.63. The second-order valence-corrected chi connectivity index (χ2v) is 6.41. The predicted octanol–water partition coefficient (Wildman–Crippen LogP) is 2.05. The van der Waals surface area contributed by atoms with Gasteiger partial charge in [-0.1, -0.05) is 12.8 Å². The largest absolute Gasteiger partial charge is 0.393 e. The van der Waals surface area contributed by atoms with Crippen molar-refractivity contribution >= 4 is 0 Å². The van der Waals surface area contributed by atoms with Gasteiger partial charge in [-0.25, -0.2) is 0 Å². The standard InChI is InChI=1S/C15H30N2O/c1-11(10-12(2)18)17-15-8-5-6-13(15)14-7-3-4-9-16-14/h11-18H,3-10H2,1-2H3. The molecule has 2 rings (SSSR count). The van der Waals surface area contributed by atoms with Crippen LogP contribution >= 0.6 is 0 Å². The lowest BCUT2D eigenvalue weighted by Crippen LogP contribution is -2.49. The molecule has 1 saturated carbocycles. The SMILES string of the molecule is CC(O)CC(C)NC1CCCC1C1CCCCN1. The van der Waals surface area contributed by atoms with E-state index >= 15 is 0 Å². The quantitative estimate of drug-likeness (QED) is 0.703. The van der Waals surface area contributed by atoms with Crippen molar-refractivity contribution in [2.75, 3.05) is 6.54 Å². The monoisotopic (exact) mass is 254 g/mol. The third kappa shape index (κ3) is 3.94. The molecule has 18 heavy (non-hydrogen) atoms. The second kappa shape index (κ2) is 6.88. The van der Waals surface area contributed by atoms with Crippen molar-refractivity contribution in [2.24, 2.45) is 5.92 Å². The van der Waals surface area contributed by atoms with E-state index in [9.17, 15) is 5.11 Å². The van der Waals surface area contributed by atoms with Crippen molar-refractivity contribution in [3.05, 3.63) is 0 Å². The number of aliphatic hydroxyl groups excluding tert-OH is 1. The van der Waals surface area contributed by atoms with E-state index in [-0.39, 0.29) is 6.10 Å². The van der Waals surface area contributed by atoms with Gasteiger partial charge in [-0.2, -0.15) is 0 Å². The highest BCUT2D eigenvalue weighted by atomic mass is 16.3. The molecule has 0 radical (unpaired) electrons. The van der Waals surface area contributed by atoms with Crippen LogP contribution in [-0.4, -0.2) is 35.9 Å². The first kappa shape index (κ1) is 14.3. The molecule has 3 nitrogen and oxygen atoms in total. The minimum absolute atomic E-state index is 0.194. The van der Waals surface area contributed by atoms with Crippen molar-refractivity contribution in [3.63, 3.8) is 0 Å². The first-order chi connectivity index (χ1) is 8.66. The third-order valence-electron chi connectivity index (χ3n) is 4.63. The molecule has 0 aromatic carbocycles. The molecule has 0 aromatic rings. The Morgan fingerprint density at radius 1 is 1.17 bits per heavy atom. The molecule has 5 unspecified atom stereocenters. The number of hydrogen-bond acceptors (Lipinski definition) is 3. The molecule has 2 aliphatic rings. The van der Waals surface area contributed by atoms with E-state index in [0.717, 1.165) is 18.4 Å². The predicted molar refractivity (Wildman–Crippen MR) is 75.7 cm³/mol. The lowest BCUT2D eigenvalue weighted by atomic mass is 9.88. The summed E-state index contributed by atoms with van der Waals surface area (Å²) in [6, 6.07) is 1.83. The van der Waals surface area contributed by atoms with Crippen LogP contribution in [0.4, 0.5) is 0 Å². The maximum atomic E-state index is 9.46. The number of hydrogen-bond donors (Lipinski definition) is 3. The van der Waals surface area contributed by atoms with Crippen LogP contribution in [0.2, 0.25) is 0 Å². The van der Waals surface area contributed by atoms with E-state index in [0.29, 0.717) is 12.1 Å². The molecule has 0 spiro atoms. The summed E-state index contributed by atoms with van der Waals surface area (Å²) in [5.41, 5.74) is 0. The van der Waals surface area contributed by atoms with Crippen molar-refractivity contribution in [3.8, 4) is 0 Å². The maximum Gasteiger partial charge on any atom is 0.0526 e. The van der Waals surface area contributed by atoms with Crippen molar-refractivity contribution in [1.82, 2.24) is 10.6 Å². The second-order valence-electron chi connectivity index (χ2n) is 6.41. The zero-order valence-corrected chi connectivity index (χ0v) is 12.0. The molecule has 1 saturated heterocycles. The van der Waals surface area contributed by atoms with Crippen LogP contribution in [0, 0.1) is 5.92 Å². The molecule has 3 heteroatoms. The van der Waals surface area contributed by atoms with Gasteiger partial charge in [0.05, 0.1) is 6.10 Å². The lowest BCUT2D eigenvalue weighted by Gasteiger charge is -2.34. The highest BCUT2D eigenvalue weighted by molar-refractivity contribution is 4.93. The highest BCUT2D eigenvalue weighted by Gasteiger charge is 2.34. The van der Waals surface area contributed by atoms with E-state index in [4.69, 9.17) is 0 Å². The van der Waals surface area contributed by atoms with Gasteiger partial charge in [0.15, 0.2) is 0 Å². The molecule has 2 fully saturated rings. The van der Waals surface area contributed by atoms with Gasteiger partial charge in [0.25, 0.3) is 0 Å². The molecule has 1 aliphatic carbocycles. The Bertz CT molecular complexity index is 239. The Kier molecular flexibility index (Phi) is 5.46. The Morgan fingerprint density at radius 3 is 2.67 bits per heavy atom. The van der Waals surface area contributed by atoms with Crippen molar-refractivity contribution in [2.45, 2.75) is 83.0 Å². The normalized spacial score (nSPS) is 36.5.